The van der Waals surface area contributed by atoms with Gasteiger partial charge in [-0.2, -0.15) is 5.26 Å². The molecule has 3 aliphatic carbocycles. The first kappa shape index (κ1) is 15.6. The number of amides is 1. The van der Waals surface area contributed by atoms with E-state index in [1.807, 2.05) is 12.1 Å². The Bertz CT molecular complexity index is 1030. The maximum Gasteiger partial charge on any atom is 0.229 e. The standard InChI is InChI=1S/C22H21N3O2/c23-12-22(11-21(22)3-4-21)16-2-1-14-10-24-18(8-15(14)7-16)25-19(26)17-9-20(17)5-6-27-13-20/h1-2,7-8,10,17H,3-6,9,11,13H2,(H,24,25,26)/t17-,20?,22+/m1/s1. The second-order valence-electron chi connectivity index (χ2n) is 9.02. The van der Waals surface area contributed by atoms with Crippen molar-refractivity contribution in [2.45, 2.75) is 37.5 Å². The van der Waals surface area contributed by atoms with E-state index in [9.17, 15) is 10.1 Å². The maximum absolute atomic E-state index is 12.6. The van der Waals surface area contributed by atoms with Gasteiger partial charge in [0, 0.05) is 29.5 Å². The van der Waals surface area contributed by atoms with Crippen LogP contribution in [0, 0.1) is 28.1 Å². The van der Waals surface area contributed by atoms with Crippen molar-refractivity contribution in [1.82, 2.24) is 4.98 Å². The fraction of sp³-hybridized carbons (Fsp3) is 0.500. The highest BCUT2D eigenvalue weighted by molar-refractivity contribution is 5.96. The Balaban J connectivity index is 1.27. The third-order valence-electron chi connectivity index (χ3n) is 7.53. The number of pyridine rings is 1. The number of hydrogen-bond donors (Lipinski definition) is 1. The van der Waals surface area contributed by atoms with Gasteiger partial charge in [-0.1, -0.05) is 12.1 Å². The lowest BCUT2D eigenvalue weighted by molar-refractivity contribution is -0.118. The van der Waals surface area contributed by atoms with Gasteiger partial charge in [0.05, 0.1) is 18.1 Å². The molecule has 1 unspecified atom stereocenters. The molecule has 2 heterocycles. The Morgan fingerprint density at radius 3 is 2.85 bits per heavy atom. The average Bonchev–Trinajstić information content (AvgIpc) is 3.61. The van der Waals surface area contributed by atoms with Crippen LogP contribution in [-0.2, 0) is 14.9 Å². The molecule has 0 radical (unpaired) electrons. The molecular formula is C22H21N3O2. The minimum atomic E-state index is -0.295. The van der Waals surface area contributed by atoms with Gasteiger partial charge in [-0.05, 0) is 60.6 Å². The van der Waals surface area contributed by atoms with Crippen molar-refractivity contribution in [3.8, 4) is 6.07 Å². The Morgan fingerprint density at radius 2 is 2.15 bits per heavy atom. The molecule has 136 valence electrons. The summed E-state index contributed by atoms with van der Waals surface area (Å²) in [5, 5.41) is 14.8. The highest BCUT2D eigenvalue weighted by Crippen LogP contribution is 2.78. The number of carbonyl (C=O) groups is 1. The Labute approximate surface area is 157 Å². The number of benzene rings is 1. The van der Waals surface area contributed by atoms with Gasteiger partial charge in [-0.25, -0.2) is 4.98 Å². The van der Waals surface area contributed by atoms with Gasteiger partial charge in [0.15, 0.2) is 0 Å². The summed E-state index contributed by atoms with van der Waals surface area (Å²) in [6, 6.07) is 10.8. The highest BCUT2D eigenvalue weighted by atomic mass is 16.5. The molecule has 2 spiro atoms. The van der Waals surface area contributed by atoms with Gasteiger partial charge in [0.1, 0.15) is 5.82 Å². The van der Waals surface area contributed by atoms with Crippen molar-refractivity contribution in [1.29, 1.82) is 5.26 Å². The van der Waals surface area contributed by atoms with Gasteiger partial charge in [0.25, 0.3) is 0 Å². The lowest BCUT2D eigenvalue weighted by Crippen LogP contribution is -2.19. The summed E-state index contributed by atoms with van der Waals surface area (Å²) in [5.41, 5.74) is 1.15. The van der Waals surface area contributed by atoms with Crippen molar-refractivity contribution in [2.24, 2.45) is 16.7 Å². The van der Waals surface area contributed by atoms with E-state index in [1.165, 1.54) is 12.8 Å². The molecule has 6 rings (SSSR count). The molecule has 5 heteroatoms. The van der Waals surface area contributed by atoms with Crippen LogP contribution in [0.5, 0.6) is 0 Å². The molecule has 1 N–H and O–H groups in total. The van der Waals surface area contributed by atoms with Crippen LogP contribution in [0.3, 0.4) is 0 Å². The normalized spacial score (nSPS) is 34.6. The van der Waals surface area contributed by atoms with Crippen LogP contribution in [0.15, 0.2) is 30.5 Å². The Hall–Kier alpha value is -2.45. The summed E-state index contributed by atoms with van der Waals surface area (Å²) in [4.78, 5) is 17.0. The second-order valence-corrected chi connectivity index (χ2v) is 9.02. The quantitative estimate of drug-likeness (QED) is 0.909. The first-order valence-corrected chi connectivity index (χ1v) is 9.80. The number of fused-ring (bicyclic) bond motifs is 1. The number of ether oxygens (including phenoxy) is 1. The highest BCUT2D eigenvalue weighted by Gasteiger charge is 2.75. The summed E-state index contributed by atoms with van der Waals surface area (Å²) in [6.45, 7) is 1.47. The van der Waals surface area contributed by atoms with Crippen molar-refractivity contribution in [2.75, 3.05) is 18.5 Å². The molecule has 3 atom stereocenters. The van der Waals surface area contributed by atoms with E-state index in [2.05, 4.69) is 28.5 Å². The summed E-state index contributed by atoms with van der Waals surface area (Å²) in [5.74, 6) is 0.691. The van der Waals surface area contributed by atoms with Crippen LogP contribution in [0.25, 0.3) is 10.8 Å². The summed E-state index contributed by atoms with van der Waals surface area (Å²) < 4.78 is 5.47. The van der Waals surface area contributed by atoms with Crippen molar-refractivity contribution in [3.63, 3.8) is 0 Å². The van der Waals surface area contributed by atoms with Crippen molar-refractivity contribution >= 4 is 22.5 Å². The molecule has 0 bridgehead atoms. The predicted molar refractivity (Wildman–Crippen MR) is 99.9 cm³/mol. The predicted octanol–water partition coefficient (Wildman–Crippen LogP) is 3.55. The number of aromatic nitrogens is 1. The molecular weight excluding hydrogens is 338 g/mol. The van der Waals surface area contributed by atoms with Gasteiger partial charge in [0.2, 0.25) is 5.91 Å². The zero-order valence-corrected chi connectivity index (χ0v) is 15.1. The first-order valence-electron chi connectivity index (χ1n) is 9.80. The summed E-state index contributed by atoms with van der Waals surface area (Å²) in [7, 11) is 0. The molecule has 2 aromatic rings. The zero-order chi connectivity index (χ0) is 18.3. The fourth-order valence-corrected chi connectivity index (χ4v) is 5.31. The summed E-state index contributed by atoms with van der Waals surface area (Å²) >= 11 is 0. The van der Waals surface area contributed by atoms with Gasteiger partial charge >= 0.3 is 0 Å². The van der Waals surface area contributed by atoms with Crippen LogP contribution in [0.1, 0.15) is 37.7 Å². The SMILES string of the molecule is N#C[C@]1(c2ccc3cnc(NC(=O)[C@H]4CC45CCOC5)cc3c2)CC12CC2. The van der Waals surface area contributed by atoms with E-state index in [4.69, 9.17) is 4.74 Å². The van der Waals surface area contributed by atoms with Gasteiger partial charge in [-0.15, -0.1) is 0 Å². The van der Waals surface area contributed by atoms with E-state index in [-0.39, 0.29) is 28.1 Å². The summed E-state index contributed by atoms with van der Waals surface area (Å²) in [6.07, 6.45) is 7.03. The fourth-order valence-electron chi connectivity index (χ4n) is 5.31. The zero-order valence-electron chi connectivity index (χ0n) is 15.1. The largest absolute Gasteiger partial charge is 0.381 e. The Kier molecular flexibility index (Phi) is 2.82. The van der Waals surface area contributed by atoms with E-state index >= 15 is 0 Å². The van der Waals surface area contributed by atoms with E-state index in [1.54, 1.807) is 6.20 Å². The maximum atomic E-state index is 12.6. The molecule has 3 saturated carbocycles. The third kappa shape index (κ3) is 2.08. The average molecular weight is 359 g/mol. The van der Waals surface area contributed by atoms with Gasteiger partial charge in [-0.3, -0.25) is 4.79 Å². The number of anilines is 1. The van der Waals surface area contributed by atoms with Crippen LogP contribution in [-0.4, -0.2) is 24.1 Å². The van der Waals surface area contributed by atoms with Crippen molar-refractivity contribution in [3.05, 3.63) is 36.0 Å². The van der Waals surface area contributed by atoms with E-state index < -0.39 is 0 Å². The molecule has 1 aromatic heterocycles. The molecule has 4 fully saturated rings. The topological polar surface area (TPSA) is 75.0 Å². The third-order valence-corrected chi connectivity index (χ3v) is 7.53. The molecule has 27 heavy (non-hydrogen) atoms. The molecule has 1 aromatic carbocycles. The van der Waals surface area contributed by atoms with E-state index in [0.717, 1.165) is 42.2 Å². The number of nitriles is 1. The van der Waals surface area contributed by atoms with Gasteiger partial charge < -0.3 is 10.1 Å². The number of nitrogens with zero attached hydrogens (tertiary/aromatic N) is 2. The molecule has 1 amide bonds. The lowest BCUT2D eigenvalue weighted by atomic mass is 9.92. The molecule has 5 nitrogen and oxygen atoms in total. The minimum Gasteiger partial charge on any atom is -0.381 e. The molecule has 1 aliphatic heterocycles. The van der Waals surface area contributed by atoms with Crippen LogP contribution >= 0.6 is 0 Å². The van der Waals surface area contributed by atoms with Crippen LogP contribution in [0.2, 0.25) is 0 Å². The van der Waals surface area contributed by atoms with Crippen LogP contribution < -0.4 is 5.32 Å². The number of carbonyl (C=O) groups excluding carboxylic acids is 1. The minimum absolute atomic E-state index is 0.0480. The number of rotatable bonds is 3. The Morgan fingerprint density at radius 1 is 1.26 bits per heavy atom. The number of hydrogen-bond acceptors (Lipinski definition) is 4. The van der Waals surface area contributed by atoms with Crippen molar-refractivity contribution < 1.29 is 9.53 Å². The smallest absolute Gasteiger partial charge is 0.229 e. The van der Waals surface area contributed by atoms with E-state index in [0.29, 0.717) is 12.4 Å². The lowest BCUT2D eigenvalue weighted by Gasteiger charge is -2.11. The first-order chi connectivity index (χ1) is 13.1. The monoisotopic (exact) mass is 359 g/mol. The van der Waals surface area contributed by atoms with Crippen LogP contribution in [0.4, 0.5) is 5.82 Å². The molecule has 4 aliphatic rings. The number of nitrogens with one attached hydrogen (secondary N) is 1. The molecule has 1 saturated heterocycles. The second kappa shape index (κ2) is 4.88.